The number of halogens is 2. The van der Waals surface area contributed by atoms with Gasteiger partial charge in [0.2, 0.25) is 0 Å². The van der Waals surface area contributed by atoms with Gasteiger partial charge in [-0.1, -0.05) is 11.6 Å². The number of fused-ring (bicyclic) bond motifs is 1. The predicted molar refractivity (Wildman–Crippen MR) is 108 cm³/mol. The van der Waals surface area contributed by atoms with Crippen LogP contribution >= 0.6 is 11.6 Å². The van der Waals surface area contributed by atoms with Crippen LogP contribution in [0.25, 0.3) is 5.69 Å². The van der Waals surface area contributed by atoms with Gasteiger partial charge >= 0.3 is 0 Å². The Bertz CT molecular complexity index is 1100. The van der Waals surface area contributed by atoms with Crippen LogP contribution in [0.3, 0.4) is 0 Å². The summed E-state index contributed by atoms with van der Waals surface area (Å²) >= 11 is 6.24. The zero-order valence-corrected chi connectivity index (χ0v) is 16.7. The fourth-order valence-corrected chi connectivity index (χ4v) is 3.46. The second kappa shape index (κ2) is 7.75. The molecule has 0 radical (unpaired) electrons. The Morgan fingerprint density at radius 1 is 1.17 bits per heavy atom. The van der Waals surface area contributed by atoms with Crippen LogP contribution < -0.4 is 14.8 Å². The number of anilines is 1. The third-order valence-corrected chi connectivity index (χ3v) is 4.79. The number of aryl methyl sites for hydroxylation is 2. The molecule has 1 N–H and O–H groups in total. The first kappa shape index (κ1) is 19.3. The third kappa shape index (κ3) is 3.91. The molecule has 3 aromatic rings. The molecule has 1 aromatic heterocycles. The molecule has 2 heterocycles. The molecule has 0 aliphatic carbocycles. The van der Waals surface area contributed by atoms with Crippen molar-refractivity contribution < 1.29 is 18.7 Å². The number of aromatic nitrogens is 2. The summed E-state index contributed by atoms with van der Waals surface area (Å²) in [7, 11) is 0. The van der Waals surface area contributed by atoms with Crippen LogP contribution in [0.4, 0.5) is 10.1 Å². The molecule has 4 rings (SSSR count). The molecule has 0 spiro atoms. The summed E-state index contributed by atoms with van der Waals surface area (Å²) in [4.78, 5) is 12.7. The van der Waals surface area contributed by atoms with E-state index < -0.39 is 11.7 Å². The largest absolute Gasteiger partial charge is 0.489 e. The fourth-order valence-electron chi connectivity index (χ4n) is 3.19. The molecule has 0 unspecified atom stereocenters. The Labute approximate surface area is 172 Å². The number of nitrogens with zero attached hydrogens (tertiary/aromatic N) is 2. The minimum atomic E-state index is -0.495. The molecule has 1 aliphatic rings. The summed E-state index contributed by atoms with van der Waals surface area (Å²) < 4.78 is 27.3. The van der Waals surface area contributed by atoms with E-state index in [0.717, 1.165) is 17.8 Å². The molecule has 2 aromatic carbocycles. The number of ether oxygens (including phenoxy) is 2. The first-order valence-electron chi connectivity index (χ1n) is 9.16. The Hall–Kier alpha value is -3.06. The van der Waals surface area contributed by atoms with E-state index in [2.05, 4.69) is 10.4 Å². The summed E-state index contributed by atoms with van der Waals surface area (Å²) in [6.07, 6.45) is 0.730. The molecular formula is C21H19ClFN3O3. The highest BCUT2D eigenvalue weighted by Gasteiger charge is 2.19. The van der Waals surface area contributed by atoms with E-state index in [9.17, 15) is 9.18 Å². The Kier molecular flexibility index (Phi) is 5.15. The average Bonchev–Trinajstić information content (AvgIpc) is 2.87. The highest BCUT2D eigenvalue weighted by atomic mass is 35.5. The maximum absolute atomic E-state index is 14.6. The molecule has 6 nitrogen and oxygen atoms in total. The standard InChI is InChI=1S/C21H19ClFN3O3/c1-12-8-13(2)26(25-12)18-5-4-15(11-17(18)23)24-21(27)14-9-16(22)20-19(10-14)28-6-3-7-29-20/h4-5,8-11H,3,6-7H2,1-2H3,(H,24,27). The zero-order valence-electron chi connectivity index (χ0n) is 16.0. The topological polar surface area (TPSA) is 65.4 Å². The zero-order chi connectivity index (χ0) is 20.5. The first-order valence-corrected chi connectivity index (χ1v) is 9.54. The van der Waals surface area contributed by atoms with Crippen molar-refractivity contribution in [2.45, 2.75) is 20.3 Å². The summed E-state index contributed by atoms with van der Waals surface area (Å²) in [6.45, 7) is 4.67. The maximum Gasteiger partial charge on any atom is 0.255 e. The molecule has 29 heavy (non-hydrogen) atoms. The van der Waals surface area contributed by atoms with Crippen LogP contribution in [0.1, 0.15) is 28.2 Å². The molecule has 0 atom stereocenters. The van der Waals surface area contributed by atoms with Gasteiger partial charge in [0.1, 0.15) is 5.69 Å². The van der Waals surface area contributed by atoms with Gasteiger partial charge in [-0.3, -0.25) is 4.79 Å². The normalized spacial score (nSPS) is 13.1. The van der Waals surface area contributed by atoms with E-state index in [-0.39, 0.29) is 0 Å². The van der Waals surface area contributed by atoms with E-state index >= 15 is 0 Å². The van der Waals surface area contributed by atoms with Crippen molar-refractivity contribution in [3.8, 4) is 17.2 Å². The van der Waals surface area contributed by atoms with Crippen molar-refractivity contribution in [3.05, 3.63) is 64.2 Å². The van der Waals surface area contributed by atoms with Crippen LogP contribution in [0, 0.1) is 19.7 Å². The lowest BCUT2D eigenvalue weighted by Gasteiger charge is -2.12. The molecule has 8 heteroatoms. The van der Waals surface area contributed by atoms with Crippen LogP contribution in [-0.4, -0.2) is 28.9 Å². The summed E-state index contributed by atoms with van der Waals surface area (Å²) in [5, 5.41) is 7.26. The molecule has 0 bridgehead atoms. The van der Waals surface area contributed by atoms with E-state index in [1.807, 2.05) is 19.9 Å². The maximum atomic E-state index is 14.6. The molecule has 1 amide bonds. The summed E-state index contributed by atoms with van der Waals surface area (Å²) in [5.41, 5.74) is 2.54. The van der Waals surface area contributed by atoms with Crippen LogP contribution in [0.5, 0.6) is 11.5 Å². The lowest BCUT2D eigenvalue weighted by molar-refractivity contribution is 0.102. The first-order chi connectivity index (χ1) is 13.9. The Morgan fingerprint density at radius 2 is 1.97 bits per heavy atom. The van der Waals surface area contributed by atoms with Crippen LogP contribution in [-0.2, 0) is 0 Å². The number of benzene rings is 2. The van der Waals surface area contributed by atoms with Gasteiger partial charge in [-0.2, -0.15) is 5.10 Å². The number of hydrogen-bond acceptors (Lipinski definition) is 4. The molecule has 1 aliphatic heterocycles. The number of rotatable bonds is 3. The lowest BCUT2D eigenvalue weighted by Crippen LogP contribution is -2.13. The molecule has 0 saturated carbocycles. The highest BCUT2D eigenvalue weighted by molar-refractivity contribution is 6.32. The van der Waals surface area contributed by atoms with E-state index in [1.54, 1.807) is 18.2 Å². The summed E-state index contributed by atoms with van der Waals surface area (Å²) in [6, 6.07) is 9.40. The minimum Gasteiger partial charge on any atom is -0.489 e. The van der Waals surface area contributed by atoms with Gasteiger partial charge in [-0.15, -0.1) is 0 Å². The smallest absolute Gasteiger partial charge is 0.255 e. The van der Waals surface area contributed by atoms with Crippen LogP contribution in [0.15, 0.2) is 36.4 Å². The van der Waals surface area contributed by atoms with Gasteiger partial charge in [-0.25, -0.2) is 9.07 Å². The second-order valence-corrected chi connectivity index (χ2v) is 7.20. The Balaban J connectivity index is 1.57. The SMILES string of the molecule is Cc1cc(C)n(-c2ccc(NC(=O)c3cc(Cl)c4c(c3)OCCCO4)cc2F)n1. The van der Waals surface area contributed by atoms with Gasteiger partial charge in [-0.05, 0) is 50.2 Å². The quantitative estimate of drug-likeness (QED) is 0.673. The van der Waals surface area contributed by atoms with E-state index in [4.69, 9.17) is 21.1 Å². The Morgan fingerprint density at radius 3 is 2.69 bits per heavy atom. The minimum absolute atomic E-state index is 0.292. The predicted octanol–water partition coefficient (Wildman–Crippen LogP) is 4.70. The number of hydrogen-bond donors (Lipinski definition) is 1. The molecular weight excluding hydrogens is 397 g/mol. The van der Waals surface area contributed by atoms with Gasteiger partial charge < -0.3 is 14.8 Å². The van der Waals surface area contributed by atoms with Gasteiger partial charge in [0, 0.05) is 23.4 Å². The lowest BCUT2D eigenvalue weighted by atomic mass is 10.1. The highest BCUT2D eigenvalue weighted by Crippen LogP contribution is 2.38. The second-order valence-electron chi connectivity index (χ2n) is 6.80. The van der Waals surface area contributed by atoms with Crippen LogP contribution in [0.2, 0.25) is 5.02 Å². The number of carbonyl (C=O) groups is 1. The fraction of sp³-hybridized carbons (Fsp3) is 0.238. The van der Waals surface area contributed by atoms with Crippen molar-refractivity contribution in [2.24, 2.45) is 0 Å². The van der Waals surface area contributed by atoms with E-state index in [0.29, 0.717) is 46.7 Å². The molecule has 0 saturated heterocycles. The number of carbonyl (C=O) groups excluding carboxylic acids is 1. The average molecular weight is 416 g/mol. The van der Waals surface area contributed by atoms with Crippen molar-refractivity contribution in [1.29, 1.82) is 0 Å². The molecule has 0 fully saturated rings. The van der Waals surface area contributed by atoms with Gasteiger partial charge in [0.25, 0.3) is 5.91 Å². The monoisotopic (exact) mass is 415 g/mol. The van der Waals surface area contributed by atoms with Gasteiger partial charge in [0.05, 0.1) is 23.9 Å². The van der Waals surface area contributed by atoms with Gasteiger partial charge in [0.15, 0.2) is 17.3 Å². The molecule has 150 valence electrons. The van der Waals surface area contributed by atoms with Crippen molar-refractivity contribution in [1.82, 2.24) is 9.78 Å². The van der Waals surface area contributed by atoms with Crippen molar-refractivity contribution >= 4 is 23.2 Å². The number of nitrogens with one attached hydrogen (secondary N) is 1. The third-order valence-electron chi connectivity index (χ3n) is 4.51. The van der Waals surface area contributed by atoms with Crippen molar-refractivity contribution in [2.75, 3.05) is 18.5 Å². The number of amides is 1. The van der Waals surface area contributed by atoms with E-state index in [1.165, 1.54) is 16.8 Å². The van der Waals surface area contributed by atoms with Crippen molar-refractivity contribution in [3.63, 3.8) is 0 Å². The summed E-state index contributed by atoms with van der Waals surface area (Å²) in [5.74, 6) is -0.0706.